The second-order valence-corrected chi connectivity index (χ2v) is 4.80. The maximum absolute atomic E-state index is 11.5. The third-order valence-electron chi connectivity index (χ3n) is 3.18. The summed E-state index contributed by atoms with van der Waals surface area (Å²) < 4.78 is 4.79. The Hall–Kier alpha value is -2.04. The summed E-state index contributed by atoms with van der Waals surface area (Å²) in [6.07, 6.45) is 4.35. The van der Waals surface area contributed by atoms with Crippen LogP contribution in [0.3, 0.4) is 0 Å². The van der Waals surface area contributed by atoms with Crippen LogP contribution in [0, 0.1) is 0 Å². The fraction of sp³-hybridized carbons (Fsp3) is 0.500. The quantitative estimate of drug-likeness (QED) is 0.708. The predicted molar refractivity (Wildman–Crippen MR) is 81.9 cm³/mol. The number of amides is 1. The minimum Gasteiger partial charge on any atom is -0.478 e. The van der Waals surface area contributed by atoms with Gasteiger partial charge in [0.2, 0.25) is 0 Å². The molecule has 1 amide bonds. The van der Waals surface area contributed by atoms with Gasteiger partial charge in [0, 0.05) is 0 Å². The summed E-state index contributed by atoms with van der Waals surface area (Å²) in [5, 5.41) is 11.9. The molecule has 0 atom stereocenters. The van der Waals surface area contributed by atoms with Crippen molar-refractivity contribution >= 4 is 17.7 Å². The number of hydrogen-bond donors (Lipinski definition) is 2. The number of carboxylic acids is 1. The van der Waals surface area contributed by atoms with E-state index in [1.165, 1.54) is 0 Å². The summed E-state index contributed by atoms with van der Waals surface area (Å²) in [5.41, 5.74) is 1.18. The molecule has 2 N–H and O–H groups in total. The molecule has 0 aliphatic heterocycles. The third-order valence-corrected chi connectivity index (χ3v) is 3.18. The van der Waals surface area contributed by atoms with Gasteiger partial charge in [0.15, 0.2) is 0 Å². The monoisotopic (exact) mass is 293 g/mol. The fourth-order valence-corrected chi connectivity index (χ4v) is 2.18. The van der Waals surface area contributed by atoms with E-state index in [4.69, 9.17) is 4.74 Å². The molecule has 0 saturated heterocycles. The smallest absolute Gasteiger partial charge is 0.411 e. The number of carbonyl (C=O) groups excluding carboxylic acids is 1. The molecule has 5 nitrogen and oxygen atoms in total. The van der Waals surface area contributed by atoms with Crippen LogP contribution >= 0.6 is 0 Å². The lowest BCUT2D eigenvalue weighted by Crippen LogP contribution is -2.17. The standard InChI is InChI=1S/C16H23NO4/c1-3-5-6-7-9-12-10-8-11-13(14(12)15(18)19)17-16(20)21-4-2/h8,10-11H,3-7,9H2,1-2H3,(H,17,20)(H,18,19). The van der Waals surface area contributed by atoms with Crippen LogP contribution in [0.25, 0.3) is 0 Å². The van der Waals surface area contributed by atoms with E-state index in [0.717, 1.165) is 31.2 Å². The van der Waals surface area contributed by atoms with Gasteiger partial charge in [0.05, 0.1) is 17.9 Å². The summed E-state index contributed by atoms with van der Waals surface area (Å²) in [6, 6.07) is 5.13. The van der Waals surface area contributed by atoms with Crippen molar-refractivity contribution in [3.63, 3.8) is 0 Å². The maximum Gasteiger partial charge on any atom is 0.411 e. The molecule has 21 heavy (non-hydrogen) atoms. The Morgan fingerprint density at radius 1 is 1.19 bits per heavy atom. The summed E-state index contributed by atoms with van der Waals surface area (Å²) in [7, 11) is 0. The summed E-state index contributed by atoms with van der Waals surface area (Å²) >= 11 is 0. The Morgan fingerprint density at radius 3 is 2.57 bits per heavy atom. The van der Waals surface area contributed by atoms with Crippen LogP contribution in [0.4, 0.5) is 10.5 Å². The van der Waals surface area contributed by atoms with Gasteiger partial charge < -0.3 is 9.84 Å². The predicted octanol–water partition coefficient (Wildman–Crippen LogP) is 4.08. The van der Waals surface area contributed by atoms with Crippen molar-refractivity contribution in [2.24, 2.45) is 0 Å². The van der Waals surface area contributed by atoms with Gasteiger partial charge in [-0.1, -0.05) is 38.3 Å². The molecular formula is C16H23NO4. The SMILES string of the molecule is CCCCCCc1cccc(NC(=O)OCC)c1C(=O)O. The highest BCUT2D eigenvalue weighted by atomic mass is 16.5. The van der Waals surface area contributed by atoms with Gasteiger partial charge in [-0.15, -0.1) is 0 Å². The lowest BCUT2D eigenvalue weighted by atomic mass is 9.99. The third kappa shape index (κ3) is 5.45. The number of carbonyl (C=O) groups is 2. The fourth-order valence-electron chi connectivity index (χ4n) is 2.18. The summed E-state index contributed by atoms with van der Waals surface area (Å²) in [5.74, 6) is -1.03. The molecular weight excluding hydrogens is 270 g/mol. The number of aryl methyl sites for hydroxylation is 1. The van der Waals surface area contributed by atoms with Crippen LogP contribution < -0.4 is 5.32 Å². The van der Waals surface area contributed by atoms with E-state index in [1.807, 2.05) is 0 Å². The highest BCUT2D eigenvalue weighted by Crippen LogP contribution is 2.22. The van der Waals surface area contributed by atoms with Crippen molar-refractivity contribution in [1.82, 2.24) is 0 Å². The first-order valence-electron chi connectivity index (χ1n) is 7.39. The number of rotatable bonds is 8. The number of carboxylic acid groups (broad SMARTS) is 1. The van der Waals surface area contributed by atoms with E-state index < -0.39 is 12.1 Å². The van der Waals surface area contributed by atoms with Crippen molar-refractivity contribution in [3.8, 4) is 0 Å². The van der Waals surface area contributed by atoms with Crippen LogP contribution in [-0.2, 0) is 11.2 Å². The minimum atomic E-state index is -1.03. The van der Waals surface area contributed by atoms with Gasteiger partial charge in [0.25, 0.3) is 0 Å². The lowest BCUT2D eigenvalue weighted by molar-refractivity contribution is 0.0697. The topological polar surface area (TPSA) is 75.6 Å². The van der Waals surface area contributed by atoms with Gasteiger partial charge in [-0.2, -0.15) is 0 Å². The van der Waals surface area contributed by atoms with Gasteiger partial charge >= 0.3 is 12.1 Å². The second-order valence-electron chi connectivity index (χ2n) is 4.80. The van der Waals surface area contributed by atoms with E-state index in [2.05, 4.69) is 12.2 Å². The van der Waals surface area contributed by atoms with Crippen molar-refractivity contribution in [3.05, 3.63) is 29.3 Å². The van der Waals surface area contributed by atoms with Crippen molar-refractivity contribution in [2.45, 2.75) is 46.0 Å². The Morgan fingerprint density at radius 2 is 1.95 bits per heavy atom. The normalized spacial score (nSPS) is 10.2. The summed E-state index contributed by atoms with van der Waals surface area (Å²) in [4.78, 5) is 23.0. The molecule has 1 rings (SSSR count). The Bertz CT molecular complexity index is 485. The molecule has 0 fully saturated rings. The molecule has 0 aromatic heterocycles. The number of hydrogen-bond acceptors (Lipinski definition) is 3. The van der Waals surface area contributed by atoms with Crippen LogP contribution in [0.15, 0.2) is 18.2 Å². The Labute approximate surface area is 125 Å². The van der Waals surface area contributed by atoms with E-state index >= 15 is 0 Å². The Kier molecular flexibility index (Phi) is 7.29. The highest BCUT2D eigenvalue weighted by molar-refractivity contribution is 6.00. The van der Waals surface area contributed by atoms with E-state index in [1.54, 1.807) is 25.1 Å². The summed E-state index contributed by atoms with van der Waals surface area (Å²) in [6.45, 7) is 4.07. The minimum absolute atomic E-state index is 0.155. The van der Waals surface area contributed by atoms with Crippen molar-refractivity contribution in [1.29, 1.82) is 0 Å². The largest absolute Gasteiger partial charge is 0.478 e. The average Bonchev–Trinajstić information content (AvgIpc) is 2.43. The number of nitrogens with one attached hydrogen (secondary N) is 1. The molecule has 0 unspecified atom stereocenters. The zero-order valence-corrected chi connectivity index (χ0v) is 12.6. The molecule has 0 saturated carbocycles. The van der Waals surface area contributed by atoms with Gasteiger partial charge in [-0.05, 0) is 31.4 Å². The molecule has 0 aliphatic carbocycles. The van der Waals surface area contributed by atoms with E-state index in [-0.39, 0.29) is 17.9 Å². The molecule has 0 aliphatic rings. The van der Waals surface area contributed by atoms with Crippen molar-refractivity contribution < 1.29 is 19.4 Å². The lowest BCUT2D eigenvalue weighted by Gasteiger charge is -2.12. The number of unbranched alkanes of at least 4 members (excludes halogenated alkanes) is 3. The molecule has 1 aromatic rings. The number of anilines is 1. The van der Waals surface area contributed by atoms with Gasteiger partial charge in [0.1, 0.15) is 0 Å². The zero-order chi connectivity index (χ0) is 15.7. The van der Waals surface area contributed by atoms with Crippen LogP contribution in [0.2, 0.25) is 0 Å². The van der Waals surface area contributed by atoms with E-state index in [9.17, 15) is 14.7 Å². The molecule has 0 heterocycles. The second kappa shape index (κ2) is 9.00. The van der Waals surface area contributed by atoms with Crippen molar-refractivity contribution in [2.75, 3.05) is 11.9 Å². The first-order valence-corrected chi connectivity index (χ1v) is 7.39. The first kappa shape index (κ1) is 17.0. The number of benzene rings is 1. The Balaban J connectivity index is 2.88. The molecule has 1 aromatic carbocycles. The maximum atomic E-state index is 11.5. The molecule has 116 valence electrons. The van der Waals surface area contributed by atoms with Gasteiger partial charge in [-0.25, -0.2) is 9.59 Å². The zero-order valence-electron chi connectivity index (χ0n) is 12.6. The molecule has 0 bridgehead atoms. The molecule has 0 spiro atoms. The molecule has 5 heteroatoms. The van der Waals surface area contributed by atoms with Crippen LogP contribution in [0.5, 0.6) is 0 Å². The van der Waals surface area contributed by atoms with Crippen LogP contribution in [0.1, 0.15) is 55.5 Å². The molecule has 0 radical (unpaired) electrons. The number of aromatic carboxylic acids is 1. The van der Waals surface area contributed by atoms with Gasteiger partial charge in [-0.3, -0.25) is 5.32 Å². The first-order chi connectivity index (χ1) is 10.1. The average molecular weight is 293 g/mol. The number of ether oxygens (including phenoxy) is 1. The highest BCUT2D eigenvalue weighted by Gasteiger charge is 2.17. The van der Waals surface area contributed by atoms with Crippen LogP contribution in [-0.4, -0.2) is 23.8 Å². The van der Waals surface area contributed by atoms with E-state index in [0.29, 0.717) is 6.42 Å².